The van der Waals surface area contributed by atoms with Crippen LogP contribution in [0.1, 0.15) is 17.7 Å². The van der Waals surface area contributed by atoms with Crippen molar-refractivity contribution in [2.24, 2.45) is 0 Å². The number of nitrogens with one attached hydrogen (secondary N) is 1. The van der Waals surface area contributed by atoms with E-state index in [1.54, 1.807) is 12.1 Å². The third-order valence-corrected chi connectivity index (χ3v) is 6.21. The van der Waals surface area contributed by atoms with Gasteiger partial charge in [0, 0.05) is 48.1 Å². The van der Waals surface area contributed by atoms with Gasteiger partial charge in [-0.1, -0.05) is 6.07 Å². The minimum atomic E-state index is -3.62. The maximum absolute atomic E-state index is 13.5. The maximum Gasteiger partial charge on any atom is 0.586 e. The van der Waals surface area contributed by atoms with E-state index in [0.717, 1.165) is 36.5 Å². The molecule has 132 valence electrons. The Morgan fingerprint density at radius 2 is 2.24 bits per heavy atom. The van der Waals surface area contributed by atoms with E-state index in [1.165, 1.54) is 18.2 Å². The van der Waals surface area contributed by atoms with Crippen molar-refractivity contribution in [2.45, 2.75) is 31.7 Å². The van der Waals surface area contributed by atoms with E-state index >= 15 is 0 Å². The molecular formula is C17H17F2N3O2S. The van der Waals surface area contributed by atoms with Gasteiger partial charge in [0.05, 0.1) is 0 Å². The van der Waals surface area contributed by atoms with Gasteiger partial charge in [-0.25, -0.2) is 0 Å². The number of halogens is 2. The molecule has 0 saturated carbocycles. The third-order valence-electron chi connectivity index (χ3n) is 5.07. The second-order valence-corrected chi connectivity index (χ2v) is 7.72. The van der Waals surface area contributed by atoms with Crippen LogP contribution in [0.4, 0.5) is 8.78 Å². The highest BCUT2D eigenvalue weighted by Gasteiger charge is 2.45. The summed E-state index contributed by atoms with van der Waals surface area (Å²) in [5, 5.41) is 7.50. The number of aromatic amines is 1. The Labute approximate surface area is 147 Å². The zero-order valence-electron chi connectivity index (χ0n) is 13.4. The zero-order valence-corrected chi connectivity index (χ0v) is 14.2. The summed E-state index contributed by atoms with van der Waals surface area (Å²) in [6.45, 7) is 1.79. The van der Waals surface area contributed by atoms with Crippen LogP contribution in [0.25, 0.3) is 11.3 Å². The molecule has 1 saturated heterocycles. The van der Waals surface area contributed by atoms with E-state index in [9.17, 15) is 8.78 Å². The number of alkyl halides is 2. The van der Waals surface area contributed by atoms with E-state index in [4.69, 9.17) is 4.74 Å². The molecule has 2 aromatic rings. The Morgan fingerprint density at radius 3 is 3.08 bits per heavy atom. The molecule has 3 aliphatic heterocycles. The van der Waals surface area contributed by atoms with Gasteiger partial charge >= 0.3 is 6.29 Å². The highest BCUT2D eigenvalue weighted by molar-refractivity contribution is 7.99. The first kappa shape index (κ1) is 15.5. The smallest absolute Gasteiger partial charge is 0.395 e. The summed E-state index contributed by atoms with van der Waals surface area (Å²) in [5.41, 5.74) is 3.40. The summed E-state index contributed by atoms with van der Waals surface area (Å²) in [5.74, 6) is 2.49. The molecule has 0 amide bonds. The number of H-pyrrole nitrogens is 1. The normalized spacial score (nSPS) is 24.5. The molecule has 8 heteroatoms. The zero-order chi connectivity index (χ0) is 17.0. The quantitative estimate of drug-likeness (QED) is 0.885. The molecule has 1 aromatic heterocycles. The van der Waals surface area contributed by atoms with Gasteiger partial charge < -0.3 is 9.47 Å². The van der Waals surface area contributed by atoms with Crippen LogP contribution in [0, 0.1) is 0 Å². The lowest BCUT2D eigenvalue weighted by atomic mass is 9.99. The summed E-state index contributed by atoms with van der Waals surface area (Å²) in [6.07, 6.45) is -1.52. The number of rotatable bonds is 2. The summed E-state index contributed by atoms with van der Waals surface area (Å²) >= 11 is 1.99. The molecule has 1 N–H and O–H groups in total. The Balaban J connectivity index is 1.52. The standard InChI is InChI=1S/C17H17F2N3O2S/c18-17(19)23-14-3-1-2-11(16(14)24-17)15-12-8-22(10-5-7-25-9-10)6-4-13(12)20-21-15/h1-3,10H,4-9H2,(H,20,21). The first-order valence-electron chi connectivity index (χ1n) is 8.38. The van der Waals surface area contributed by atoms with Gasteiger partial charge in [0.2, 0.25) is 0 Å². The van der Waals surface area contributed by atoms with Crippen molar-refractivity contribution in [1.82, 2.24) is 15.1 Å². The lowest BCUT2D eigenvalue weighted by molar-refractivity contribution is -0.286. The Kier molecular flexibility index (Phi) is 3.46. The van der Waals surface area contributed by atoms with E-state index in [2.05, 4.69) is 19.8 Å². The highest BCUT2D eigenvalue weighted by atomic mass is 32.2. The van der Waals surface area contributed by atoms with Crippen LogP contribution in [-0.4, -0.2) is 45.5 Å². The number of benzene rings is 1. The minimum absolute atomic E-state index is 0.0547. The first-order valence-corrected chi connectivity index (χ1v) is 9.53. The monoisotopic (exact) mass is 365 g/mol. The summed E-state index contributed by atoms with van der Waals surface area (Å²) < 4.78 is 36.3. The topological polar surface area (TPSA) is 50.4 Å². The lowest BCUT2D eigenvalue weighted by Crippen LogP contribution is -2.39. The van der Waals surface area contributed by atoms with E-state index in [1.807, 2.05) is 11.8 Å². The van der Waals surface area contributed by atoms with Gasteiger partial charge in [0.15, 0.2) is 11.5 Å². The number of nitrogens with zero attached hydrogens (tertiary/aromatic N) is 2. The van der Waals surface area contributed by atoms with Crippen molar-refractivity contribution < 1.29 is 18.3 Å². The van der Waals surface area contributed by atoms with Crippen molar-refractivity contribution in [3.63, 3.8) is 0 Å². The number of fused-ring (bicyclic) bond motifs is 2. The van der Waals surface area contributed by atoms with Gasteiger partial charge in [-0.15, -0.1) is 8.78 Å². The van der Waals surface area contributed by atoms with Crippen LogP contribution >= 0.6 is 11.8 Å². The molecule has 4 heterocycles. The fourth-order valence-corrected chi connectivity index (χ4v) is 5.07. The fraction of sp³-hybridized carbons (Fsp3) is 0.471. The molecule has 0 aliphatic carbocycles. The van der Waals surface area contributed by atoms with Crippen LogP contribution in [-0.2, 0) is 13.0 Å². The molecule has 0 bridgehead atoms. The molecule has 1 atom stereocenters. The highest BCUT2D eigenvalue weighted by Crippen LogP contribution is 2.47. The molecule has 5 rings (SSSR count). The van der Waals surface area contributed by atoms with E-state index in [0.29, 0.717) is 17.3 Å². The maximum atomic E-state index is 13.5. The molecule has 3 aliphatic rings. The number of ether oxygens (including phenoxy) is 2. The average molecular weight is 365 g/mol. The van der Waals surface area contributed by atoms with Crippen LogP contribution in [0.3, 0.4) is 0 Å². The number of para-hydroxylation sites is 1. The molecule has 1 fully saturated rings. The van der Waals surface area contributed by atoms with Gasteiger partial charge in [-0.3, -0.25) is 10.00 Å². The lowest BCUT2D eigenvalue weighted by Gasteiger charge is -2.32. The molecule has 0 radical (unpaired) electrons. The minimum Gasteiger partial charge on any atom is -0.395 e. The van der Waals surface area contributed by atoms with Crippen molar-refractivity contribution >= 4 is 11.8 Å². The number of hydrogen-bond donors (Lipinski definition) is 1. The summed E-state index contributed by atoms with van der Waals surface area (Å²) in [7, 11) is 0. The van der Waals surface area contributed by atoms with Crippen molar-refractivity contribution in [3.05, 3.63) is 29.5 Å². The summed E-state index contributed by atoms with van der Waals surface area (Å²) in [6, 6.07) is 5.52. The Hall–Kier alpha value is -1.80. The summed E-state index contributed by atoms with van der Waals surface area (Å²) in [4.78, 5) is 2.48. The first-order chi connectivity index (χ1) is 12.1. The van der Waals surface area contributed by atoms with Gasteiger partial charge in [-0.05, 0) is 24.3 Å². The van der Waals surface area contributed by atoms with Gasteiger partial charge in [0.1, 0.15) is 5.69 Å². The van der Waals surface area contributed by atoms with Crippen LogP contribution in [0.15, 0.2) is 18.2 Å². The number of thioether (sulfide) groups is 1. The van der Waals surface area contributed by atoms with Crippen LogP contribution in [0.2, 0.25) is 0 Å². The van der Waals surface area contributed by atoms with Crippen molar-refractivity contribution in [2.75, 3.05) is 18.1 Å². The Bertz CT molecular complexity index is 820. The van der Waals surface area contributed by atoms with Crippen LogP contribution in [0.5, 0.6) is 11.5 Å². The van der Waals surface area contributed by atoms with Gasteiger partial charge in [0.25, 0.3) is 0 Å². The predicted molar refractivity (Wildman–Crippen MR) is 90.1 cm³/mol. The molecule has 5 nitrogen and oxygen atoms in total. The van der Waals surface area contributed by atoms with Crippen molar-refractivity contribution in [1.29, 1.82) is 0 Å². The Morgan fingerprint density at radius 1 is 1.32 bits per heavy atom. The third kappa shape index (κ3) is 2.58. The molecule has 1 unspecified atom stereocenters. The van der Waals surface area contributed by atoms with E-state index < -0.39 is 6.29 Å². The predicted octanol–water partition coefficient (Wildman–Crippen LogP) is 3.26. The van der Waals surface area contributed by atoms with Crippen LogP contribution < -0.4 is 9.47 Å². The second kappa shape index (κ2) is 5.60. The largest absolute Gasteiger partial charge is 0.586 e. The molecular weight excluding hydrogens is 348 g/mol. The molecule has 25 heavy (non-hydrogen) atoms. The number of aromatic nitrogens is 2. The molecule has 0 spiro atoms. The van der Waals surface area contributed by atoms with Crippen molar-refractivity contribution in [3.8, 4) is 22.8 Å². The molecule has 1 aromatic carbocycles. The van der Waals surface area contributed by atoms with Gasteiger partial charge in [-0.2, -0.15) is 16.9 Å². The SMILES string of the molecule is FC1(F)Oc2cccc(-c3n[nH]c4c3CN(C3CCSC3)CC4)c2O1. The second-order valence-electron chi connectivity index (χ2n) is 6.57. The van der Waals surface area contributed by atoms with E-state index in [-0.39, 0.29) is 11.5 Å². The average Bonchev–Trinajstić information content (AvgIpc) is 3.30. The fourth-order valence-electron chi connectivity index (χ4n) is 3.82. The number of hydrogen-bond acceptors (Lipinski definition) is 5.